The Morgan fingerprint density at radius 3 is 3.06 bits per heavy atom. The van der Waals surface area contributed by atoms with Gasteiger partial charge in [-0.05, 0) is 18.1 Å². The minimum absolute atomic E-state index is 0.779. The zero-order valence-corrected chi connectivity index (χ0v) is 11.8. The highest BCUT2D eigenvalue weighted by Gasteiger charge is 2.19. The Bertz CT molecular complexity index is 565. The van der Waals surface area contributed by atoms with Gasteiger partial charge in [0.15, 0.2) is 5.82 Å². The van der Waals surface area contributed by atoms with Gasteiger partial charge < -0.3 is 9.47 Å². The first-order valence-corrected chi connectivity index (χ1v) is 7.03. The third-order valence-corrected chi connectivity index (χ3v) is 3.85. The second kappa shape index (κ2) is 4.68. The van der Waals surface area contributed by atoms with Crippen LogP contribution in [0.4, 0.5) is 5.82 Å². The van der Waals surface area contributed by atoms with Gasteiger partial charge in [0.05, 0.1) is 6.54 Å². The van der Waals surface area contributed by atoms with Crippen molar-refractivity contribution in [3.05, 3.63) is 35.5 Å². The maximum Gasteiger partial charge on any atom is 0.152 e. The number of halogens is 1. The second-order valence-electron chi connectivity index (χ2n) is 4.48. The summed E-state index contributed by atoms with van der Waals surface area (Å²) in [5, 5.41) is 8.92. The first-order chi connectivity index (χ1) is 8.78. The van der Waals surface area contributed by atoms with Gasteiger partial charge in [-0.1, -0.05) is 22.0 Å². The lowest BCUT2D eigenvalue weighted by molar-refractivity contribution is 0.555. The molecule has 5 nitrogen and oxygen atoms in total. The van der Waals surface area contributed by atoms with Crippen molar-refractivity contribution in [2.24, 2.45) is 0 Å². The SMILES string of the molecule is Cc1cc(CBr)cnc1N1CCn2cnnc2C1. The molecule has 18 heavy (non-hydrogen) atoms. The smallest absolute Gasteiger partial charge is 0.152 e. The summed E-state index contributed by atoms with van der Waals surface area (Å²) >= 11 is 3.45. The Kier molecular flexibility index (Phi) is 3.03. The van der Waals surface area contributed by atoms with Crippen molar-refractivity contribution in [2.45, 2.75) is 25.3 Å². The van der Waals surface area contributed by atoms with Crippen LogP contribution in [0.15, 0.2) is 18.6 Å². The average molecular weight is 308 g/mol. The van der Waals surface area contributed by atoms with Crippen molar-refractivity contribution in [3.8, 4) is 0 Å². The number of aromatic nitrogens is 4. The summed E-state index contributed by atoms with van der Waals surface area (Å²) in [5.74, 6) is 2.06. The molecule has 0 atom stereocenters. The summed E-state index contributed by atoms with van der Waals surface area (Å²) in [6.07, 6.45) is 3.72. The lowest BCUT2D eigenvalue weighted by Crippen LogP contribution is -2.34. The van der Waals surface area contributed by atoms with Crippen LogP contribution in [-0.4, -0.2) is 26.3 Å². The lowest BCUT2D eigenvalue weighted by atomic mass is 10.2. The molecular weight excluding hydrogens is 294 g/mol. The topological polar surface area (TPSA) is 46.8 Å². The zero-order valence-electron chi connectivity index (χ0n) is 10.2. The number of hydrogen-bond acceptors (Lipinski definition) is 4. The summed E-state index contributed by atoms with van der Waals surface area (Å²) in [6, 6.07) is 2.18. The Hall–Kier alpha value is -1.43. The molecule has 0 saturated heterocycles. The van der Waals surface area contributed by atoms with Crippen LogP contribution in [0.1, 0.15) is 17.0 Å². The lowest BCUT2D eigenvalue weighted by Gasteiger charge is -2.29. The largest absolute Gasteiger partial charge is 0.347 e. The normalized spacial score (nSPS) is 14.7. The van der Waals surface area contributed by atoms with E-state index in [-0.39, 0.29) is 0 Å². The van der Waals surface area contributed by atoms with E-state index in [9.17, 15) is 0 Å². The average Bonchev–Trinajstić information content (AvgIpc) is 2.85. The molecule has 2 aromatic rings. The molecule has 0 N–H and O–H groups in total. The number of fused-ring (bicyclic) bond motifs is 1. The minimum Gasteiger partial charge on any atom is -0.347 e. The summed E-state index contributed by atoms with van der Waals surface area (Å²) in [5.41, 5.74) is 2.41. The molecule has 0 unspecified atom stereocenters. The van der Waals surface area contributed by atoms with Crippen molar-refractivity contribution < 1.29 is 0 Å². The number of alkyl halides is 1. The van der Waals surface area contributed by atoms with Crippen molar-refractivity contribution in [1.29, 1.82) is 0 Å². The third-order valence-electron chi connectivity index (χ3n) is 3.20. The first-order valence-electron chi connectivity index (χ1n) is 5.91. The van der Waals surface area contributed by atoms with Crippen LogP contribution in [-0.2, 0) is 18.4 Å². The molecule has 0 spiro atoms. The molecule has 0 saturated carbocycles. The fourth-order valence-corrected chi connectivity index (χ4v) is 2.58. The number of rotatable bonds is 2. The molecular formula is C12H14BrN5. The summed E-state index contributed by atoms with van der Waals surface area (Å²) in [6.45, 7) is 4.76. The van der Waals surface area contributed by atoms with E-state index >= 15 is 0 Å². The molecule has 0 aromatic carbocycles. The van der Waals surface area contributed by atoms with Gasteiger partial charge in [-0.25, -0.2) is 4.98 Å². The molecule has 6 heteroatoms. The van der Waals surface area contributed by atoms with E-state index in [1.54, 1.807) is 6.33 Å². The van der Waals surface area contributed by atoms with Gasteiger partial charge in [0, 0.05) is 24.6 Å². The van der Waals surface area contributed by atoms with Crippen LogP contribution in [0.2, 0.25) is 0 Å². The number of aryl methyl sites for hydroxylation is 1. The maximum atomic E-state index is 4.57. The predicted octanol–water partition coefficient (Wildman–Crippen LogP) is 1.90. The Morgan fingerprint density at radius 1 is 1.39 bits per heavy atom. The van der Waals surface area contributed by atoms with E-state index in [1.165, 1.54) is 11.1 Å². The molecule has 0 fully saturated rings. The summed E-state index contributed by atoms with van der Waals surface area (Å²) in [7, 11) is 0. The highest BCUT2D eigenvalue weighted by Crippen LogP contribution is 2.22. The third kappa shape index (κ3) is 2.01. The van der Waals surface area contributed by atoms with Crippen LogP contribution < -0.4 is 4.90 Å². The monoisotopic (exact) mass is 307 g/mol. The van der Waals surface area contributed by atoms with Crippen LogP contribution in [0, 0.1) is 6.92 Å². The van der Waals surface area contributed by atoms with Gasteiger partial charge in [0.1, 0.15) is 12.1 Å². The van der Waals surface area contributed by atoms with Crippen molar-refractivity contribution in [2.75, 3.05) is 11.4 Å². The maximum absolute atomic E-state index is 4.57. The van der Waals surface area contributed by atoms with E-state index in [0.29, 0.717) is 0 Å². The second-order valence-corrected chi connectivity index (χ2v) is 5.04. The van der Waals surface area contributed by atoms with Crippen molar-refractivity contribution in [1.82, 2.24) is 19.7 Å². The molecule has 2 aromatic heterocycles. The van der Waals surface area contributed by atoms with Gasteiger partial charge in [0.25, 0.3) is 0 Å². The standard InChI is InChI=1S/C12H14BrN5/c1-9-4-10(5-13)6-14-12(9)17-2-3-18-8-15-16-11(18)7-17/h4,6,8H,2-3,5,7H2,1H3. The summed E-state index contributed by atoms with van der Waals surface area (Å²) in [4.78, 5) is 6.83. The summed E-state index contributed by atoms with van der Waals surface area (Å²) < 4.78 is 2.10. The van der Waals surface area contributed by atoms with E-state index in [2.05, 4.69) is 53.6 Å². The Morgan fingerprint density at radius 2 is 2.28 bits per heavy atom. The van der Waals surface area contributed by atoms with Crippen molar-refractivity contribution in [3.63, 3.8) is 0 Å². The zero-order chi connectivity index (χ0) is 12.5. The van der Waals surface area contributed by atoms with E-state index < -0.39 is 0 Å². The molecule has 1 aliphatic rings. The van der Waals surface area contributed by atoms with Crippen LogP contribution in [0.5, 0.6) is 0 Å². The van der Waals surface area contributed by atoms with Gasteiger partial charge in [-0.3, -0.25) is 0 Å². The molecule has 0 amide bonds. The quantitative estimate of drug-likeness (QED) is 0.795. The molecule has 3 heterocycles. The fourth-order valence-electron chi connectivity index (χ4n) is 2.28. The van der Waals surface area contributed by atoms with Crippen LogP contribution in [0.25, 0.3) is 0 Å². The first kappa shape index (κ1) is 11.6. The molecule has 0 bridgehead atoms. The van der Waals surface area contributed by atoms with Gasteiger partial charge in [0.2, 0.25) is 0 Å². The van der Waals surface area contributed by atoms with Gasteiger partial charge >= 0.3 is 0 Å². The fraction of sp³-hybridized carbons (Fsp3) is 0.417. The minimum atomic E-state index is 0.779. The highest BCUT2D eigenvalue weighted by atomic mass is 79.9. The highest BCUT2D eigenvalue weighted by molar-refractivity contribution is 9.08. The molecule has 0 aliphatic carbocycles. The van der Waals surface area contributed by atoms with Gasteiger partial charge in [-0.15, -0.1) is 10.2 Å². The predicted molar refractivity (Wildman–Crippen MR) is 72.7 cm³/mol. The molecule has 94 valence electrons. The molecule has 3 rings (SSSR count). The number of hydrogen-bond donors (Lipinski definition) is 0. The van der Waals surface area contributed by atoms with E-state index in [0.717, 1.165) is 36.6 Å². The van der Waals surface area contributed by atoms with E-state index in [1.807, 2.05) is 6.20 Å². The van der Waals surface area contributed by atoms with Crippen LogP contribution >= 0.6 is 15.9 Å². The van der Waals surface area contributed by atoms with Crippen molar-refractivity contribution >= 4 is 21.7 Å². The molecule has 0 radical (unpaired) electrons. The van der Waals surface area contributed by atoms with Gasteiger partial charge in [-0.2, -0.15) is 0 Å². The van der Waals surface area contributed by atoms with E-state index in [4.69, 9.17) is 0 Å². The van der Waals surface area contributed by atoms with Crippen LogP contribution in [0.3, 0.4) is 0 Å². The Labute approximate surface area is 114 Å². The Balaban J connectivity index is 1.88. The number of anilines is 1. The molecule has 1 aliphatic heterocycles. The number of nitrogens with zero attached hydrogens (tertiary/aromatic N) is 5. The number of pyridine rings is 1.